The molecule has 0 amide bonds. The first-order chi connectivity index (χ1) is 19.3. The maximum absolute atomic E-state index is 11.0. The van der Waals surface area contributed by atoms with Crippen LogP contribution in [0.1, 0.15) is 155 Å². The van der Waals surface area contributed by atoms with Gasteiger partial charge in [0.1, 0.15) is 0 Å². The van der Waals surface area contributed by atoms with Gasteiger partial charge in [-0.05, 0) is 70.6 Å². The zero-order valence-electron chi connectivity index (χ0n) is 25.8. The smallest absolute Gasteiger partial charge is 0.303 e. The lowest BCUT2D eigenvalue weighted by atomic mass is 10.1. The van der Waals surface area contributed by atoms with Gasteiger partial charge >= 0.3 is 17.9 Å². The van der Waals surface area contributed by atoms with E-state index in [-0.39, 0.29) is 19.3 Å². The van der Waals surface area contributed by atoms with Gasteiger partial charge < -0.3 is 19.8 Å². The van der Waals surface area contributed by atoms with Crippen LogP contribution in [0.15, 0.2) is 12.2 Å². The van der Waals surface area contributed by atoms with Gasteiger partial charge in [-0.25, -0.2) is 0 Å². The normalized spacial score (nSPS) is 11.8. The lowest BCUT2D eigenvalue weighted by Gasteiger charge is -2.39. The molecule has 0 aliphatic carbocycles. The van der Waals surface area contributed by atoms with Crippen molar-refractivity contribution in [3.8, 4) is 0 Å². The number of quaternary nitrogens is 1. The molecule has 0 heterocycles. The van der Waals surface area contributed by atoms with Gasteiger partial charge in [0, 0.05) is 19.3 Å². The van der Waals surface area contributed by atoms with Crippen molar-refractivity contribution in [2.24, 2.45) is 0 Å². The Morgan fingerprint density at radius 3 is 1.10 bits per heavy atom. The molecule has 0 saturated carbocycles. The van der Waals surface area contributed by atoms with Crippen LogP contribution in [-0.2, 0) is 14.4 Å². The Balaban J connectivity index is 4.50. The largest absolute Gasteiger partial charge is 0.481 e. The van der Waals surface area contributed by atoms with E-state index in [4.69, 9.17) is 15.3 Å². The van der Waals surface area contributed by atoms with Gasteiger partial charge in [0.25, 0.3) is 0 Å². The van der Waals surface area contributed by atoms with E-state index in [1.807, 2.05) is 0 Å². The van der Waals surface area contributed by atoms with Gasteiger partial charge in [0.15, 0.2) is 0 Å². The number of carboxylic acid groups (broad SMARTS) is 3. The molecule has 7 nitrogen and oxygen atoms in total. The number of carboxylic acids is 3. The average molecular weight is 569 g/mol. The van der Waals surface area contributed by atoms with Crippen LogP contribution in [0.5, 0.6) is 0 Å². The number of aliphatic carboxylic acids is 3. The van der Waals surface area contributed by atoms with Crippen molar-refractivity contribution < 1.29 is 34.2 Å². The van der Waals surface area contributed by atoms with Crippen molar-refractivity contribution >= 4 is 17.9 Å². The molecule has 0 radical (unpaired) electrons. The summed E-state index contributed by atoms with van der Waals surface area (Å²) < 4.78 is 0.848. The molecular formula is C33H62NO6+. The van der Waals surface area contributed by atoms with Crippen LogP contribution in [0.25, 0.3) is 0 Å². The van der Waals surface area contributed by atoms with Crippen molar-refractivity contribution in [3.63, 3.8) is 0 Å². The van der Waals surface area contributed by atoms with E-state index >= 15 is 0 Å². The molecule has 234 valence electrons. The molecular weight excluding hydrogens is 506 g/mol. The molecule has 40 heavy (non-hydrogen) atoms. The van der Waals surface area contributed by atoms with Crippen molar-refractivity contribution in [1.82, 2.24) is 0 Å². The molecule has 0 fully saturated rings. The first kappa shape index (κ1) is 38.1. The summed E-state index contributed by atoms with van der Waals surface area (Å²) in [6.45, 7) is 5.88. The highest BCUT2D eigenvalue weighted by Crippen LogP contribution is 2.19. The highest BCUT2D eigenvalue weighted by molar-refractivity contribution is 5.67. The highest BCUT2D eigenvalue weighted by atomic mass is 16.4. The van der Waals surface area contributed by atoms with Gasteiger partial charge in [-0.15, -0.1) is 0 Å². The van der Waals surface area contributed by atoms with E-state index in [9.17, 15) is 14.4 Å². The number of carbonyl (C=O) groups is 3. The second kappa shape index (κ2) is 27.3. The molecule has 0 aromatic carbocycles. The Hall–Kier alpha value is -1.89. The fourth-order valence-electron chi connectivity index (χ4n) is 5.54. The van der Waals surface area contributed by atoms with Gasteiger partial charge in [0.2, 0.25) is 0 Å². The molecule has 3 N–H and O–H groups in total. The topological polar surface area (TPSA) is 112 Å². The zero-order valence-corrected chi connectivity index (χ0v) is 25.8. The number of hydrogen-bond acceptors (Lipinski definition) is 3. The molecule has 0 aromatic heterocycles. The summed E-state index contributed by atoms with van der Waals surface area (Å²) in [7, 11) is 0. The minimum absolute atomic E-state index is 0.169. The predicted molar refractivity (Wildman–Crippen MR) is 164 cm³/mol. The minimum atomic E-state index is -0.773. The van der Waals surface area contributed by atoms with E-state index in [0.29, 0.717) is 19.3 Å². The van der Waals surface area contributed by atoms with Crippen molar-refractivity contribution in [2.75, 3.05) is 26.2 Å². The number of allylic oxidation sites excluding steroid dienone is 2. The van der Waals surface area contributed by atoms with Crippen molar-refractivity contribution in [2.45, 2.75) is 155 Å². The fourth-order valence-corrected chi connectivity index (χ4v) is 5.54. The summed E-state index contributed by atoms with van der Waals surface area (Å²) in [4.78, 5) is 33.0. The van der Waals surface area contributed by atoms with Gasteiger partial charge in [0.05, 0.1) is 26.2 Å². The standard InChI is InChI=1S/C33H61NO6/c1-2-3-4-5-6-7-8-9-10-11-12-13-14-15-16-20-27-34(28-21-17-24-31(35)36,29-22-18-25-32(37)38)30-23-19-26-33(39)40/h13-14H,2-12,15-30H2,1H3,(H2-,35,36,37,38,39,40)/p+1/b14-13+. The van der Waals surface area contributed by atoms with Crippen LogP contribution in [0, 0.1) is 0 Å². The lowest BCUT2D eigenvalue weighted by Crippen LogP contribution is -2.51. The zero-order chi connectivity index (χ0) is 29.7. The van der Waals surface area contributed by atoms with Crippen LogP contribution in [0.2, 0.25) is 0 Å². The quantitative estimate of drug-likeness (QED) is 0.0438. The third kappa shape index (κ3) is 26.3. The average Bonchev–Trinajstić information content (AvgIpc) is 2.91. The summed E-state index contributed by atoms with van der Waals surface area (Å²) in [5.74, 6) is -2.32. The second-order valence-corrected chi connectivity index (χ2v) is 11.7. The Labute approximate surface area is 245 Å². The monoisotopic (exact) mass is 568 g/mol. The Kier molecular flexibility index (Phi) is 26.0. The second-order valence-electron chi connectivity index (χ2n) is 11.7. The third-order valence-corrected chi connectivity index (χ3v) is 7.96. The van der Waals surface area contributed by atoms with Crippen LogP contribution in [0.4, 0.5) is 0 Å². The van der Waals surface area contributed by atoms with E-state index in [1.165, 1.54) is 64.2 Å². The molecule has 0 aromatic rings. The van der Waals surface area contributed by atoms with Crippen LogP contribution in [0.3, 0.4) is 0 Å². The molecule has 0 rings (SSSR count). The highest BCUT2D eigenvalue weighted by Gasteiger charge is 2.26. The van der Waals surface area contributed by atoms with Gasteiger partial charge in [-0.3, -0.25) is 14.4 Å². The third-order valence-electron chi connectivity index (χ3n) is 7.96. The summed E-state index contributed by atoms with van der Waals surface area (Å²) in [5, 5.41) is 27.1. The SMILES string of the molecule is CCCCCCCCCCCC/C=C/CCCC[N+](CCCCC(=O)O)(CCCCC(=O)O)CCCCC(=O)O. The van der Waals surface area contributed by atoms with Crippen LogP contribution < -0.4 is 0 Å². The molecule has 0 aliphatic heterocycles. The van der Waals surface area contributed by atoms with Crippen LogP contribution in [-0.4, -0.2) is 63.9 Å². The number of unbranched alkanes of at least 4 members (excludes halogenated alkanes) is 15. The predicted octanol–water partition coefficient (Wildman–Crippen LogP) is 8.61. The fraction of sp³-hybridized carbons (Fsp3) is 0.848. The summed E-state index contributed by atoms with van der Waals surface area (Å²) in [6.07, 6.45) is 27.5. The van der Waals surface area contributed by atoms with Gasteiger partial charge in [-0.2, -0.15) is 0 Å². The molecule has 0 aliphatic rings. The van der Waals surface area contributed by atoms with E-state index in [1.54, 1.807) is 0 Å². The van der Waals surface area contributed by atoms with Gasteiger partial charge in [-0.1, -0.05) is 76.9 Å². The number of nitrogens with zero attached hydrogens (tertiary/aromatic N) is 1. The lowest BCUT2D eigenvalue weighted by molar-refractivity contribution is -0.929. The summed E-state index contributed by atoms with van der Waals surface area (Å²) in [6, 6.07) is 0. The number of rotatable bonds is 31. The first-order valence-corrected chi connectivity index (χ1v) is 16.5. The van der Waals surface area contributed by atoms with Crippen LogP contribution >= 0.6 is 0 Å². The number of hydrogen-bond donors (Lipinski definition) is 3. The Bertz CT molecular complexity index is 608. The van der Waals surface area contributed by atoms with E-state index in [0.717, 1.165) is 75.6 Å². The molecule has 0 bridgehead atoms. The van der Waals surface area contributed by atoms with Crippen molar-refractivity contribution in [1.29, 1.82) is 0 Å². The minimum Gasteiger partial charge on any atom is -0.481 e. The summed E-state index contributed by atoms with van der Waals surface area (Å²) in [5.41, 5.74) is 0. The summed E-state index contributed by atoms with van der Waals surface area (Å²) >= 11 is 0. The molecule has 0 spiro atoms. The molecule has 7 heteroatoms. The Morgan fingerprint density at radius 1 is 0.450 bits per heavy atom. The van der Waals surface area contributed by atoms with Crippen molar-refractivity contribution in [3.05, 3.63) is 12.2 Å². The maximum Gasteiger partial charge on any atom is 0.303 e. The molecule has 0 unspecified atom stereocenters. The maximum atomic E-state index is 11.0. The molecule has 0 atom stereocenters. The Morgan fingerprint density at radius 2 is 0.750 bits per heavy atom. The van der Waals surface area contributed by atoms with E-state index < -0.39 is 17.9 Å². The van der Waals surface area contributed by atoms with E-state index in [2.05, 4.69) is 19.1 Å². The molecule has 0 saturated heterocycles. The first-order valence-electron chi connectivity index (χ1n) is 16.5.